The number of aromatic nitrogens is 3. The van der Waals surface area contributed by atoms with Gasteiger partial charge in [-0.2, -0.15) is 0 Å². The summed E-state index contributed by atoms with van der Waals surface area (Å²) in [6, 6.07) is 10.2. The Morgan fingerprint density at radius 1 is 1.06 bits per heavy atom. The van der Waals surface area contributed by atoms with Gasteiger partial charge in [0.15, 0.2) is 5.82 Å². The van der Waals surface area contributed by atoms with E-state index in [1.807, 2.05) is 18.2 Å². The Morgan fingerprint density at radius 2 is 1.88 bits per heavy atom. The van der Waals surface area contributed by atoms with Crippen LogP contribution in [0, 0.1) is 0 Å². The van der Waals surface area contributed by atoms with Crippen LogP contribution in [0.1, 0.15) is 5.82 Å². The third-order valence-corrected chi connectivity index (χ3v) is 2.98. The summed E-state index contributed by atoms with van der Waals surface area (Å²) in [7, 11) is 2.11. The van der Waals surface area contributed by atoms with Crippen LogP contribution in [0.5, 0.6) is 0 Å². The van der Waals surface area contributed by atoms with Crippen molar-refractivity contribution in [1.82, 2.24) is 19.7 Å². The molecule has 2 aromatic rings. The molecule has 0 unspecified atom stereocenters. The van der Waals surface area contributed by atoms with Crippen LogP contribution in [0.2, 0.25) is 0 Å². The Bertz CT molecular complexity index is 489. The summed E-state index contributed by atoms with van der Waals surface area (Å²) in [5.74, 6) is 2.05. The van der Waals surface area contributed by atoms with Gasteiger partial charge in [0.1, 0.15) is 5.82 Å². The lowest BCUT2D eigenvalue weighted by atomic mass is 10.2. The van der Waals surface area contributed by atoms with E-state index in [2.05, 4.69) is 38.8 Å². The molecule has 0 spiro atoms. The first kappa shape index (κ1) is 9.54. The molecule has 3 rings (SSSR count). The van der Waals surface area contributed by atoms with Gasteiger partial charge < -0.3 is 4.57 Å². The van der Waals surface area contributed by atoms with E-state index in [4.69, 9.17) is 0 Å². The van der Waals surface area contributed by atoms with Gasteiger partial charge in [-0.05, 0) is 7.05 Å². The predicted octanol–water partition coefficient (Wildman–Crippen LogP) is 1.39. The van der Waals surface area contributed by atoms with Crippen LogP contribution >= 0.6 is 0 Å². The summed E-state index contributed by atoms with van der Waals surface area (Å²) in [5.41, 5.74) is 1.14. The summed E-state index contributed by atoms with van der Waals surface area (Å²) in [4.78, 5) is 2.26. The Morgan fingerprint density at radius 3 is 2.69 bits per heavy atom. The molecule has 0 radical (unpaired) electrons. The molecular weight excluding hydrogens is 200 g/mol. The standard InChI is InChI=1S/C12H14N4/c1-15-7-8-16-11(9-15)13-14-12(16)10-5-3-2-4-6-10/h2-6H,7-9H2,1H3. The van der Waals surface area contributed by atoms with Gasteiger partial charge in [0.2, 0.25) is 0 Å². The van der Waals surface area contributed by atoms with Gasteiger partial charge in [-0.25, -0.2) is 0 Å². The zero-order valence-electron chi connectivity index (χ0n) is 9.30. The maximum Gasteiger partial charge on any atom is 0.164 e. The molecule has 0 saturated heterocycles. The quantitative estimate of drug-likeness (QED) is 0.719. The van der Waals surface area contributed by atoms with E-state index in [0.29, 0.717) is 0 Å². The van der Waals surface area contributed by atoms with Crippen LogP contribution < -0.4 is 0 Å². The van der Waals surface area contributed by atoms with Crippen molar-refractivity contribution in [3.8, 4) is 11.4 Å². The first-order valence-electron chi connectivity index (χ1n) is 5.50. The zero-order chi connectivity index (χ0) is 11.0. The SMILES string of the molecule is CN1CCn2c(nnc2-c2ccccc2)C1. The number of hydrogen-bond acceptors (Lipinski definition) is 3. The van der Waals surface area contributed by atoms with Crippen molar-refractivity contribution >= 4 is 0 Å². The van der Waals surface area contributed by atoms with Crippen molar-refractivity contribution in [3.63, 3.8) is 0 Å². The largest absolute Gasteiger partial charge is 0.309 e. The number of rotatable bonds is 1. The fourth-order valence-corrected chi connectivity index (χ4v) is 2.08. The molecule has 4 nitrogen and oxygen atoms in total. The second-order valence-electron chi connectivity index (χ2n) is 4.20. The summed E-state index contributed by atoms with van der Waals surface area (Å²) >= 11 is 0. The minimum Gasteiger partial charge on any atom is -0.309 e. The highest BCUT2D eigenvalue weighted by molar-refractivity contribution is 5.55. The molecule has 1 aromatic carbocycles. The normalized spacial score (nSPS) is 16.1. The van der Waals surface area contributed by atoms with Crippen molar-refractivity contribution in [3.05, 3.63) is 36.2 Å². The highest BCUT2D eigenvalue weighted by Crippen LogP contribution is 2.20. The number of benzene rings is 1. The summed E-state index contributed by atoms with van der Waals surface area (Å²) in [6.45, 7) is 2.92. The van der Waals surface area contributed by atoms with Crippen molar-refractivity contribution in [2.24, 2.45) is 0 Å². The summed E-state index contributed by atoms with van der Waals surface area (Å²) < 4.78 is 2.22. The van der Waals surface area contributed by atoms with Gasteiger partial charge in [0.25, 0.3) is 0 Å². The second-order valence-corrected chi connectivity index (χ2v) is 4.20. The average molecular weight is 214 g/mol. The van der Waals surface area contributed by atoms with Crippen LogP contribution in [0.25, 0.3) is 11.4 Å². The highest BCUT2D eigenvalue weighted by atomic mass is 15.3. The van der Waals surface area contributed by atoms with E-state index in [1.165, 1.54) is 0 Å². The maximum atomic E-state index is 4.29. The van der Waals surface area contributed by atoms with E-state index in [1.54, 1.807) is 0 Å². The molecule has 0 aliphatic carbocycles. The van der Waals surface area contributed by atoms with Crippen LogP contribution in [0.3, 0.4) is 0 Å². The molecule has 0 saturated carbocycles. The second kappa shape index (κ2) is 3.72. The number of hydrogen-bond donors (Lipinski definition) is 0. The molecule has 0 amide bonds. The van der Waals surface area contributed by atoms with Gasteiger partial charge >= 0.3 is 0 Å². The third kappa shape index (κ3) is 1.51. The van der Waals surface area contributed by atoms with Gasteiger partial charge in [-0.3, -0.25) is 4.90 Å². The van der Waals surface area contributed by atoms with Gasteiger partial charge in [-0.15, -0.1) is 10.2 Å². The fourth-order valence-electron chi connectivity index (χ4n) is 2.08. The molecule has 0 atom stereocenters. The van der Waals surface area contributed by atoms with Gasteiger partial charge in [-0.1, -0.05) is 30.3 Å². The van der Waals surface area contributed by atoms with Crippen LogP contribution in [-0.2, 0) is 13.1 Å². The van der Waals surface area contributed by atoms with E-state index >= 15 is 0 Å². The molecule has 0 N–H and O–H groups in total. The Labute approximate surface area is 94.5 Å². The molecule has 82 valence electrons. The smallest absolute Gasteiger partial charge is 0.164 e. The van der Waals surface area contributed by atoms with Crippen molar-refractivity contribution < 1.29 is 0 Å². The lowest BCUT2D eigenvalue weighted by molar-refractivity contribution is 0.265. The van der Waals surface area contributed by atoms with E-state index in [0.717, 1.165) is 36.8 Å². The highest BCUT2D eigenvalue weighted by Gasteiger charge is 2.19. The summed E-state index contributed by atoms with van der Waals surface area (Å²) in [6.07, 6.45) is 0. The molecule has 16 heavy (non-hydrogen) atoms. The Hall–Kier alpha value is -1.68. The molecule has 1 aromatic heterocycles. The lowest BCUT2D eigenvalue weighted by Crippen LogP contribution is -2.30. The molecule has 4 heteroatoms. The van der Waals surface area contributed by atoms with Gasteiger partial charge in [0.05, 0.1) is 6.54 Å². The first-order valence-corrected chi connectivity index (χ1v) is 5.50. The van der Waals surface area contributed by atoms with Crippen LogP contribution in [0.15, 0.2) is 30.3 Å². The number of nitrogens with zero attached hydrogens (tertiary/aromatic N) is 4. The number of likely N-dealkylation sites (N-methyl/N-ethyl adjacent to an activating group) is 1. The molecule has 2 heterocycles. The van der Waals surface area contributed by atoms with Crippen LogP contribution in [0.4, 0.5) is 0 Å². The maximum absolute atomic E-state index is 4.29. The third-order valence-electron chi connectivity index (χ3n) is 2.98. The predicted molar refractivity (Wildman–Crippen MR) is 61.8 cm³/mol. The van der Waals surface area contributed by atoms with Crippen LogP contribution in [-0.4, -0.2) is 33.3 Å². The fraction of sp³-hybridized carbons (Fsp3) is 0.333. The summed E-state index contributed by atoms with van der Waals surface area (Å²) in [5, 5.41) is 8.54. The van der Waals surface area contributed by atoms with E-state index in [9.17, 15) is 0 Å². The molecular formula is C12H14N4. The Kier molecular flexibility index (Phi) is 2.22. The van der Waals surface area contributed by atoms with Gasteiger partial charge in [0, 0.05) is 18.7 Å². The average Bonchev–Trinajstić information content (AvgIpc) is 2.73. The topological polar surface area (TPSA) is 34.0 Å². The molecule has 0 bridgehead atoms. The van der Waals surface area contributed by atoms with Crippen molar-refractivity contribution in [1.29, 1.82) is 0 Å². The zero-order valence-corrected chi connectivity index (χ0v) is 9.30. The van der Waals surface area contributed by atoms with Crippen molar-refractivity contribution in [2.45, 2.75) is 13.1 Å². The first-order chi connectivity index (χ1) is 7.84. The minimum atomic E-state index is 0.889. The molecule has 1 aliphatic rings. The monoisotopic (exact) mass is 214 g/mol. The van der Waals surface area contributed by atoms with E-state index < -0.39 is 0 Å². The molecule has 1 aliphatic heterocycles. The van der Waals surface area contributed by atoms with Crippen molar-refractivity contribution in [2.75, 3.05) is 13.6 Å². The molecule has 0 fully saturated rings. The number of fused-ring (bicyclic) bond motifs is 1. The van der Waals surface area contributed by atoms with E-state index in [-0.39, 0.29) is 0 Å². The minimum absolute atomic E-state index is 0.889. The lowest BCUT2D eigenvalue weighted by Gasteiger charge is -2.23. The Balaban J connectivity index is 2.04.